The molecule has 1 aliphatic carbocycles. The van der Waals surface area contributed by atoms with Gasteiger partial charge in [-0.3, -0.25) is 9.59 Å². The van der Waals surface area contributed by atoms with Gasteiger partial charge in [-0.25, -0.2) is 4.98 Å². The Hall–Kier alpha value is -2.75. The van der Waals surface area contributed by atoms with Crippen LogP contribution in [0, 0.1) is 12.8 Å². The zero-order valence-corrected chi connectivity index (χ0v) is 16.7. The minimum absolute atomic E-state index is 0.00727. The van der Waals surface area contributed by atoms with Gasteiger partial charge in [0.25, 0.3) is 0 Å². The summed E-state index contributed by atoms with van der Waals surface area (Å²) in [5.41, 5.74) is -0.424. The number of carbonyl (C=O) groups excluding carboxylic acids is 2. The molecule has 0 bridgehead atoms. The van der Waals surface area contributed by atoms with E-state index in [1.165, 1.54) is 7.11 Å². The number of hydrogen-bond acceptors (Lipinski definition) is 7. The van der Waals surface area contributed by atoms with Crippen LogP contribution in [-0.4, -0.2) is 69.3 Å². The highest BCUT2D eigenvalue weighted by Gasteiger charge is 2.58. The van der Waals surface area contributed by atoms with Crippen LogP contribution in [0.5, 0.6) is 0 Å². The Kier molecular flexibility index (Phi) is 5.35. The zero-order valence-electron chi connectivity index (χ0n) is 16.7. The Morgan fingerprint density at radius 1 is 1.45 bits per heavy atom. The molecule has 3 heterocycles. The smallest absolute Gasteiger partial charge is 0.248 e. The van der Waals surface area contributed by atoms with Gasteiger partial charge >= 0.3 is 0 Å². The Morgan fingerprint density at radius 2 is 2.31 bits per heavy atom. The predicted octanol–water partition coefficient (Wildman–Crippen LogP) is 0.286. The molecule has 29 heavy (non-hydrogen) atoms. The highest BCUT2D eigenvalue weighted by Crippen LogP contribution is 2.50. The summed E-state index contributed by atoms with van der Waals surface area (Å²) in [6.07, 6.45) is 7.07. The van der Waals surface area contributed by atoms with Crippen LogP contribution in [0.3, 0.4) is 0 Å². The molecule has 0 unspecified atom stereocenters. The summed E-state index contributed by atoms with van der Waals surface area (Å²) in [6.45, 7) is 3.54. The fourth-order valence-electron chi connectivity index (χ4n) is 4.67. The van der Waals surface area contributed by atoms with E-state index in [4.69, 9.17) is 9.26 Å². The Morgan fingerprint density at radius 3 is 3.00 bits per heavy atom. The van der Waals surface area contributed by atoms with Crippen molar-refractivity contribution in [3.05, 3.63) is 30.4 Å². The van der Waals surface area contributed by atoms with Crippen molar-refractivity contribution < 1.29 is 18.8 Å². The molecule has 3 atom stereocenters. The van der Waals surface area contributed by atoms with Gasteiger partial charge in [0.2, 0.25) is 17.7 Å². The molecule has 1 N–H and O–H groups in total. The molecule has 156 valence electrons. The maximum Gasteiger partial charge on any atom is 0.248 e. The van der Waals surface area contributed by atoms with E-state index in [-0.39, 0.29) is 30.4 Å². The lowest BCUT2D eigenvalue weighted by atomic mass is 9.80. The number of amides is 2. The van der Waals surface area contributed by atoms with Gasteiger partial charge in [0.05, 0.1) is 11.7 Å². The van der Waals surface area contributed by atoms with Crippen LogP contribution in [0.25, 0.3) is 0 Å². The lowest BCUT2D eigenvalue weighted by Crippen LogP contribution is -2.40. The number of aromatic nitrogens is 4. The number of fused-ring (bicyclic) bond motifs is 1. The fourth-order valence-corrected chi connectivity index (χ4v) is 4.67. The molecule has 2 aromatic heterocycles. The molecule has 2 amide bonds. The Labute approximate surface area is 168 Å². The van der Waals surface area contributed by atoms with Gasteiger partial charge in [0.15, 0.2) is 5.82 Å². The van der Waals surface area contributed by atoms with Crippen molar-refractivity contribution in [3.63, 3.8) is 0 Å². The number of carbonyl (C=O) groups is 2. The number of methoxy groups -OCH3 is 1. The third-order valence-electron chi connectivity index (χ3n) is 5.97. The summed E-state index contributed by atoms with van der Waals surface area (Å²) in [6, 6.07) is 0.0159. The zero-order chi connectivity index (χ0) is 20.4. The summed E-state index contributed by atoms with van der Waals surface area (Å²) in [4.78, 5) is 35.1. The number of aryl methyl sites for hydroxylation is 2. The number of imidazole rings is 1. The van der Waals surface area contributed by atoms with Gasteiger partial charge in [-0.2, -0.15) is 4.98 Å². The molecule has 2 aliphatic rings. The third kappa shape index (κ3) is 3.89. The summed E-state index contributed by atoms with van der Waals surface area (Å²) >= 11 is 0. The van der Waals surface area contributed by atoms with Gasteiger partial charge in [0.1, 0.15) is 6.61 Å². The third-order valence-corrected chi connectivity index (χ3v) is 5.97. The molecule has 0 radical (unpaired) electrons. The molecule has 1 aliphatic heterocycles. The van der Waals surface area contributed by atoms with E-state index in [2.05, 4.69) is 20.4 Å². The first-order valence-electron chi connectivity index (χ1n) is 9.83. The molecule has 1 saturated heterocycles. The van der Waals surface area contributed by atoms with E-state index in [0.717, 1.165) is 6.42 Å². The lowest BCUT2D eigenvalue weighted by molar-refractivity contribution is -0.134. The second-order valence-corrected chi connectivity index (χ2v) is 7.96. The molecule has 0 spiro atoms. The van der Waals surface area contributed by atoms with Crippen LogP contribution in [-0.2, 0) is 26.3 Å². The van der Waals surface area contributed by atoms with Crippen molar-refractivity contribution in [2.45, 2.75) is 44.2 Å². The average molecular weight is 402 g/mol. The van der Waals surface area contributed by atoms with Crippen LogP contribution in [0.2, 0.25) is 0 Å². The van der Waals surface area contributed by atoms with E-state index in [0.29, 0.717) is 44.2 Å². The van der Waals surface area contributed by atoms with Crippen molar-refractivity contribution >= 4 is 11.8 Å². The fraction of sp³-hybridized carbons (Fsp3) is 0.632. The highest BCUT2D eigenvalue weighted by atomic mass is 16.5. The molecule has 2 fully saturated rings. The first-order valence-corrected chi connectivity index (χ1v) is 9.83. The van der Waals surface area contributed by atoms with E-state index in [1.807, 2.05) is 15.7 Å². The molecule has 2 aromatic rings. The van der Waals surface area contributed by atoms with Crippen molar-refractivity contribution in [1.29, 1.82) is 0 Å². The number of likely N-dealkylation sites (tertiary alicyclic amines) is 1. The minimum Gasteiger partial charge on any atom is -0.375 e. The summed E-state index contributed by atoms with van der Waals surface area (Å²) < 4.78 is 12.4. The summed E-state index contributed by atoms with van der Waals surface area (Å²) in [7, 11) is 1.52. The van der Waals surface area contributed by atoms with Crippen LogP contribution < -0.4 is 5.32 Å². The Bertz CT molecular complexity index is 866. The SMILES string of the molecule is COCC(=O)N1C[C@@H]2C[C@@H](NC(=O)CCn3ccnc3)C[C@]2(c2nc(C)no2)C1. The van der Waals surface area contributed by atoms with Gasteiger partial charge in [-0.15, -0.1) is 0 Å². The van der Waals surface area contributed by atoms with E-state index in [9.17, 15) is 9.59 Å². The first kappa shape index (κ1) is 19.6. The van der Waals surface area contributed by atoms with Gasteiger partial charge < -0.3 is 24.0 Å². The number of ether oxygens (including phenoxy) is 1. The molecular formula is C19H26N6O4. The number of nitrogens with one attached hydrogen (secondary N) is 1. The van der Waals surface area contributed by atoms with Crippen molar-refractivity contribution in [2.75, 3.05) is 26.8 Å². The quantitative estimate of drug-likeness (QED) is 0.707. The van der Waals surface area contributed by atoms with E-state index < -0.39 is 5.41 Å². The van der Waals surface area contributed by atoms with E-state index in [1.54, 1.807) is 19.4 Å². The lowest BCUT2D eigenvalue weighted by Gasteiger charge is -2.25. The first-order chi connectivity index (χ1) is 14.0. The molecule has 10 nitrogen and oxygen atoms in total. The minimum atomic E-state index is -0.424. The second-order valence-electron chi connectivity index (χ2n) is 7.96. The highest BCUT2D eigenvalue weighted by molar-refractivity contribution is 5.78. The topological polar surface area (TPSA) is 115 Å². The van der Waals surface area contributed by atoms with Crippen LogP contribution >= 0.6 is 0 Å². The summed E-state index contributed by atoms with van der Waals surface area (Å²) in [5.74, 6) is 1.25. The average Bonchev–Trinajstić information content (AvgIpc) is 3.43. The van der Waals surface area contributed by atoms with Crippen molar-refractivity contribution in [1.82, 2.24) is 29.9 Å². The van der Waals surface area contributed by atoms with Crippen LogP contribution in [0.15, 0.2) is 23.2 Å². The molecule has 10 heteroatoms. The summed E-state index contributed by atoms with van der Waals surface area (Å²) in [5, 5.41) is 7.11. The standard InChI is InChI=1S/C19H26N6O4/c1-13-21-18(29-23-13)19-8-15(22-16(26)3-5-24-6-4-20-12-24)7-14(19)9-25(11-19)17(27)10-28-2/h4,6,12,14-15H,3,5,7-11H2,1-2H3,(H,22,26)/t14-,15+,19-/m0/s1. The number of nitrogens with zero attached hydrogens (tertiary/aromatic N) is 5. The molecule has 4 rings (SSSR count). The monoisotopic (exact) mass is 402 g/mol. The molecular weight excluding hydrogens is 376 g/mol. The van der Waals surface area contributed by atoms with Gasteiger partial charge in [0, 0.05) is 51.6 Å². The van der Waals surface area contributed by atoms with Crippen molar-refractivity contribution in [3.8, 4) is 0 Å². The molecule has 0 aromatic carbocycles. The van der Waals surface area contributed by atoms with Crippen LogP contribution in [0.1, 0.15) is 31.0 Å². The normalized spacial score (nSPS) is 25.9. The number of hydrogen-bond donors (Lipinski definition) is 1. The maximum atomic E-state index is 12.4. The Balaban J connectivity index is 1.44. The second kappa shape index (κ2) is 7.94. The predicted molar refractivity (Wildman–Crippen MR) is 101 cm³/mol. The molecule has 1 saturated carbocycles. The van der Waals surface area contributed by atoms with Crippen LogP contribution in [0.4, 0.5) is 0 Å². The van der Waals surface area contributed by atoms with Gasteiger partial charge in [-0.1, -0.05) is 5.16 Å². The van der Waals surface area contributed by atoms with E-state index >= 15 is 0 Å². The number of rotatable bonds is 7. The van der Waals surface area contributed by atoms with Gasteiger partial charge in [-0.05, 0) is 25.7 Å². The largest absolute Gasteiger partial charge is 0.375 e. The van der Waals surface area contributed by atoms with Crippen molar-refractivity contribution in [2.24, 2.45) is 5.92 Å². The maximum absolute atomic E-state index is 12.4.